The van der Waals surface area contributed by atoms with Gasteiger partial charge < -0.3 is 15.5 Å². The molecule has 2 amide bonds. The third kappa shape index (κ3) is 3.88. The number of anilines is 1. The van der Waals surface area contributed by atoms with Gasteiger partial charge in [0.2, 0.25) is 11.8 Å². The van der Waals surface area contributed by atoms with Crippen LogP contribution in [0.3, 0.4) is 0 Å². The Balaban J connectivity index is 2.00. The number of rotatable bonds is 4. The number of hydrogen-bond donors (Lipinski definition) is 1. The van der Waals surface area contributed by atoms with E-state index in [1.54, 1.807) is 35.2 Å². The summed E-state index contributed by atoms with van der Waals surface area (Å²) in [4.78, 5) is 31.6. The van der Waals surface area contributed by atoms with Crippen molar-refractivity contribution < 1.29 is 9.59 Å². The van der Waals surface area contributed by atoms with Crippen molar-refractivity contribution in [1.29, 1.82) is 0 Å². The fourth-order valence-electron chi connectivity index (χ4n) is 2.66. The number of pyridine rings is 1. The summed E-state index contributed by atoms with van der Waals surface area (Å²) < 4.78 is 0. The Hall–Kier alpha value is -1.82. The summed E-state index contributed by atoms with van der Waals surface area (Å²) in [5.41, 5.74) is 5.37. The summed E-state index contributed by atoms with van der Waals surface area (Å²) in [7, 11) is 1.80. The normalized spacial score (nSPS) is 21.5. The molecule has 0 unspecified atom stereocenters. The molecule has 1 aromatic heterocycles. The van der Waals surface area contributed by atoms with Crippen LogP contribution in [0.15, 0.2) is 18.3 Å². The lowest BCUT2D eigenvalue weighted by Gasteiger charge is -2.37. The minimum atomic E-state index is -0.336. The molecule has 0 spiro atoms. The van der Waals surface area contributed by atoms with Crippen LogP contribution in [0, 0.1) is 5.92 Å². The predicted octanol–water partition coefficient (Wildman–Crippen LogP) is 1.28. The van der Waals surface area contributed by atoms with Crippen molar-refractivity contribution in [3.05, 3.63) is 23.4 Å². The number of nitrogens with two attached hydrogens (primary N) is 1. The van der Waals surface area contributed by atoms with Gasteiger partial charge >= 0.3 is 0 Å². The number of piperidine rings is 1. The smallest absolute Gasteiger partial charge is 0.242 e. The van der Waals surface area contributed by atoms with Gasteiger partial charge in [-0.3, -0.25) is 9.59 Å². The average molecular weight is 325 g/mol. The molecule has 2 N–H and O–H groups in total. The van der Waals surface area contributed by atoms with Crippen molar-refractivity contribution in [1.82, 2.24) is 9.88 Å². The number of primary amides is 1. The molecule has 1 aliphatic rings. The van der Waals surface area contributed by atoms with Crippen LogP contribution in [0.2, 0.25) is 5.02 Å². The molecule has 1 saturated heterocycles. The van der Waals surface area contributed by atoms with Crippen molar-refractivity contribution in [2.75, 3.05) is 25.0 Å². The monoisotopic (exact) mass is 324 g/mol. The maximum Gasteiger partial charge on any atom is 0.242 e. The molecular formula is C15H21ClN4O2. The van der Waals surface area contributed by atoms with Crippen molar-refractivity contribution in [3.63, 3.8) is 0 Å². The minimum absolute atomic E-state index is 0.0299. The summed E-state index contributed by atoms with van der Waals surface area (Å²) in [5.74, 6) is 0.0584. The van der Waals surface area contributed by atoms with E-state index in [2.05, 4.69) is 4.98 Å². The fraction of sp³-hybridized carbons (Fsp3) is 0.533. The first-order valence-electron chi connectivity index (χ1n) is 7.30. The SMILES string of the molecule is C[C@H]1CC[C@@H](C(N)=O)CN1C(=O)CN(C)c1ccc(Cl)cn1. The van der Waals surface area contributed by atoms with Crippen molar-refractivity contribution >= 4 is 29.2 Å². The van der Waals surface area contributed by atoms with Gasteiger partial charge in [-0.25, -0.2) is 4.98 Å². The van der Waals surface area contributed by atoms with E-state index in [-0.39, 0.29) is 30.3 Å². The molecular weight excluding hydrogens is 304 g/mol. The molecule has 2 heterocycles. The minimum Gasteiger partial charge on any atom is -0.369 e. The number of amides is 2. The van der Waals surface area contributed by atoms with Crippen LogP contribution in [0.5, 0.6) is 0 Å². The van der Waals surface area contributed by atoms with Crippen molar-refractivity contribution in [2.45, 2.75) is 25.8 Å². The van der Waals surface area contributed by atoms with Crippen LogP contribution in [-0.2, 0) is 9.59 Å². The zero-order valence-corrected chi connectivity index (χ0v) is 13.6. The van der Waals surface area contributed by atoms with Gasteiger partial charge in [-0.15, -0.1) is 0 Å². The molecule has 2 rings (SSSR count). The third-order valence-electron chi connectivity index (χ3n) is 4.08. The van der Waals surface area contributed by atoms with Crippen molar-refractivity contribution in [2.24, 2.45) is 11.7 Å². The van der Waals surface area contributed by atoms with E-state index in [0.717, 1.165) is 12.8 Å². The maximum atomic E-state index is 12.5. The van der Waals surface area contributed by atoms with E-state index in [1.807, 2.05) is 6.92 Å². The Labute approximate surface area is 135 Å². The summed E-state index contributed by atoms with van der Waals surface area (Å²) in [6, 6.07) is 3.62. The van der Waals surface area contributed by atoms with Crippen LogP contribution in [-0.4, -0.2) is 47.9 Å². The number of carbonyl (C=O) groups excluding carboxylic acids is 2. The number of carbonyl (C=O) groups is 2. The standard InChI is InChI=1S/C15H21ClN4O2/c1-10-3-4-11(15(17)22)8-20(10)14(21)9-19(2)13-6-5-12(16)7-18-13/h5-7,10-11H,3-4,8-9H2,1-2H3,(H2,17,22)/t10-,11+/m0/s1. The number of halogens is 1. The van der Waals surface area contributed by atoms with Crippen LogP contribution in [0.1, 0.15) is 19.8 Å². The van der Waals surface area contributed by atoms with E-state index >= 15 is 0 Å². The lowest BCUT2D eigenvalue weighted by atomic mass is 9.93. The van der Waals surface area contributed by atoms with Crippen LogP contribution >= 0.6 is 11.6 Å². The van der Waals surface area contributed by atoms with E-state index in [1.165, 1.54) is 0 Å². The second-order valence-electron chi connectivity index (χ2n) is 5.76. The molecule has 22 heavy (non-hydrogen) atoms. The molecule has 0 aliphatic carbocycles. The first kappa shape index (κ1) is 16.5. The quantitative estimate of drug-likeness (QED) is 0.905. The topological polar surface area (TPSA) is 79.5 Å². The highest BCUT2D eigenvalue weighted by molar-refractivity contribution is 6.30. The van der Waals surface area contributed by atoms with Crippen LogP contribution < -0.4 is 10.6 Å². The molecule has 6 nitrogen and oxygen atoms in total. The maximum absolute atomic E-state index is 12.5. The molecule has 0 aromatic carbocycles. The highest BCUT2D eigenvalue weighted by Gasteiger charge is 2.31. The van der Waals surface area contributed by atoms with E-state index in [0.29, 0.717) is 17.4 Å². The molecule has 2 atom stereocenters. The molecule has 120 valence electrons. The highest BCUT2D eigenvalue weighted by Crippen LogP contribution is 2.22. The molecule has 0 radical (unpaired) electrons. The van der Waals surface area contributed by atoms with E-state index < -0.39 is 0 Å². The number of hydrogen-bond acceptors (Lipinski definition) is 4. The summed E-state index contributed by atoms with van der Waals surface area (Å²) in [5, 5.41) is 0.553. The van der Waals surface area contributed by atoms with Crippen LogP contribution in [0.25, 0.3) is 0 Å². The summed E-state index contributed by atoms with van der Waals surface area (Å²) in [6.45, 7) is 2.59. The highest BCUT2D eigenvalue weighted by atomic mass is 35.5. The lowest BCUT2D eigenvalue weighted by molar-refractivity contribution is -0.136. The zero-order chi connectivity index (χ0) is 16.3. The number of likely N-dealkylation sites (N-methyl/N-ethyl adjacent to an activating group) is 1. The molecule has 7 heteroatoms. The van der Waals surface area contributed by atoms with Gasteiger partial charge in [0, 0.05) is 25.8 Å². The number of likely N-dealkylation sites (tertiary alicyclic amines) is 1. The number of aromatic nitrogens is 1. The molecule has 1 aliphatic heterocycles. The average Bonchev–Trinajstić information content (AvgIpc) is 2.47. The van der Waals surface area contributed by atoms with Gasteiger partial charge in [-0.1, -0.05) is 11.6 Å². The summed E-state index contributed by atoms with van der Waals surface area (Å²) >= 11 is 5.81. The van der Waals surface area contributed by atoms with Gasteiger partial charge in [-0.2, -0.15) is 0 Å². The van der Waals surface area contributed by atoms with E-state index in [4.69, 9.17) is 17.3 Å². The zero-order valence-electron chi connectivity index (χ0n) is 12.8. The largest absolute Gasteiger partial charge is 0.369 e. The Bertz CT molecular complexity index is 549. The van der Waals surface area contributed by atoms with Gasteiger partial charge in [0.05, 0.1) is 17.5 Å². The second-order valence-corrected chi connectivity index (χ2v) is 6.20. The number of nitrogens with zero attached hydrogens (tertiary/aromatic N) is 3. The fourth-order valence-corrected chi connectivity index (χ4v) is 2.77. The first-order chi connectivity index (χ1) is 10.4. The Morgan fingerprint density at radius 3 is 2.77 bits per heavy atom. The lowest BCUT2D eigenvalue weighted by Crippen LogP contribution is -2.51. The summed E-state index contributed by atoms with van der Waals surface area (Å²) in [6.07, 6.45) is 3.08. The van der Waals surface area contributed by atoms with Crippen LogP contribution in [0.4, 0.5) is 5.82 Å². The van der Waals surface area contributed by atoms with Crippen molar-refractivity contribution in [3.8, 4) is 0 Å². The Morgan fingerprint density at radius 1 is 1.45 bits per heavy atom. The molecule has 1 fully saturated rings. The van der Waals surface area contributed by atoms with Gasteiger partial charge in [0.1, 0.15) is 5.82 Å². The van der Waals surface area contributed by atoms with Gasteiger partial charge in [0.15, 0.2) is 0 Å². The molecule has 0 saturated carbocycles. The predicted molar refractivity (Wildman–Crippen MR) is 85.6 cm³/mol. The van der Waals surface area contributed by atoms with Gasteiger partial charge in [0.25, 0.3) is 0 Å². The second kappa shape index (κ2) is 6.96. The third-order valence-corrected chi connectivity index (χ3v) is 4.30. The van der Waals surface area contributed by atoms with Gasteiger partial charge in [-0.05, 0) is 31.9 Å². The first-order valence-corrected chi connectivity index (χ1v) is 7.67. The Morgan fingerprint density at radius 2 is 2.18 bits per heavy atom. The van der Waals surface area contributed by atoms with E-state index in [9.17, 15) is 9.59 Å². The molecule has 0 bridgehead atoms. The molecule has 1 aromatic rings. The Kier molecular flexibility index (Phi) is 5.24.